The molecule has 1 saturated heterocycles. The molecule has 1 unspecified atom stereocenters. The van der Waals surface area contributed by atoms with E-state index < -0.39 is 10.0 Å². The number of ether oxygens (including phenoxy) is 1. The Morgan fingerprint density at radius 3 is 2.77 bits per heavy atom. The van der Waals surface area contributed by atoms with Crippen molar-refractivity contribution in [1.82, 2.24) is 10.2 Å². The number of nitrogens with two attached hydrogens (primary N) is 1. The third-order valence-electron chi connectivity index (χ3n) is 3.31. The number of carbonyl (C=O) groups excluding carboxylic acids is 1. The first-order valence-electron chi connectivity index (χ1n) is 7.57. The quantitative estimate of drug-likeness (QED) is 0.385. The van der Waals surface area contributed by atoms with Crippen LogP contribution in [0, 0.1) is 5.92 Å². The minimum absolute atomic E-state index is 0.0989. The van der Waals surface area contributed by atoms with Crippen LogP contribution in [0.3, 0.4) is 0 Å². The van der Waals surface area contributed by atoms with Crippen LogP contribution >= 0.6 is 0 Å². The van der Waals surface area contributed by atoms with E-state index in [0.717, 1.165) is 19.4 Å². The lowest BCUT2D eigenvalue weighted by atomic mass is 9.98. The summed E-state index contributed by atoms with van der Waals surface area (Å²) in [4.78, 5) is 18.1. The molecular formula is C13H26N4O4S. The Morgan fingerprint density at radius 2 is 2.18 bits per heavy atom. The van der Waals surface area contributed by atoms with Gasteiger partial charge in [0, 0.05) is 19.6 Å². The highest BCUT2D eigenvalue weighted by Gasteiger charge is 2.28. The van der Waals surface area contributed by atoms with Crippen LogP contribution in [0.15, 0.2) is 4.99 Å². The predicted molar refractivity (Wildman–Crippen MR) is 84.9 cm³/mol. The van der Waals surface area contributed by atoms with Gasteiger partial charge in [-0.15, -0.1) is 0 Å². The molecule has 0 amide bonds. The molecule has 128 valence electrons. The second-order valence-electron chi connectivity index (χ2n) is 5.14. The number of aliphatic imine (C=N–C) groups is 1. The average molecular weight is 334 g/mol. The van der Waals surface area contributed by atoms with Gasteiger partial charge in [-0.05, 0) is 26.7 Å². The van der Waals surface area contributed by atoms with Gasteiger partial charge in [0.15, 0.2) is 5.96 Å². The van der Waals surface area contributed by atoms with E-state index in [4.69, 9.17) is 9.88 Å². The number of hydrogen-bond donors (Lipinski definition) is 2. The standard InChI is InChI=1S/C13H26N4O4S/c1-3-15-13(16-7-9-22(14,19)20)17-8-5-6-11(10-17)12(18)21-4-2/h11H,3-10H2,1-2H3,(H,15,16)(H2,14,19,20). The van der Waals surface area contributed by atoms with Gasteiger partial charge < -0.3 is 15.0 Å². The third kappa shape index (κ3) is 6.61. The van der Waals surface area contributed by atoms with Gasteiger partial charge in [-0.2, -0.15) is 0 Å². The van der Waals surface area contributed by atoms with Crippen LogP contribution in [0.5, 0.6) is 0 Å². The summed E-state index contributed by atoms with van der Waals surface area (Å²) in [6.45, 7) is 6.16. The first-order valence-corrected chi connectivity index (χ1v) is 9.29. The zero-order chi connectivity index (χ0) is 16.6. The lowest BCUT2D eigenvalue weighted by Gasteiger charge is -2.34. The fourth-order valence-corrected chi connectivity index (χ4v) is 2.67. The maximum Gasteiger partial charge on any atom is 0.310 e. The molecule has 0 aromatic rings. The van der Waals surface area contributed by atoms with Crippen LogP contribution < -0.4 is 10.5 Å². The normalized spacial score (nSPS) is 19.9. The topological polar surface area (TPSA) is 114 Å². The van der Waals surface area contributed by atoms with Gasteiger partial charge in [-0.3, -0.25) is 9.79 Å². The summed E-state index contributed by atoms with van der Waals surface area (Å²) >= 11 is 0. The molecule has 1 atom stereocenters. The Kier molecular flexibility index (Phi) is 7.60. The molecule has 0 bridgehead atoms. The van der Waals surface area contributed by atoms with Crippen LogP contribution in [0.25, 0.3) is 0 Å². The number of hydrogen-bond acceptors (Lipinski definition) is 5. The Bertz CT molecular complexity index is 492. The molecule has 0 aliphatic carbocycles. The molecule has 1 fully saturated rings. The molecule has 1 aliphatic rings. The Hall–Kier alpha value is -1.35. The first kappa shape index (κ1) is 18.7. The monoisotopic (exact) mass is 334 g/mol. The second-order valence-corrected chi connectivity index (χ2v) is 6.87. The Balaban J connectivity index is 2.69. The van der Waals surface area contributed by atoms with Crippen molar-refractivity contribution in [3.8, 4) is 0 Å². The van der Waals surface area contributed by atoms with E-state index in [-0.39, 0.29) is 24.2 Å². The van der Waals surface area contributed by atoms with Gasteiger partial charge in [0.1, 0.15) is 0 Å². The maximum absolute atomic E-state index is 11.9. The van der Waals surface area contributed by atoms with Gasteiger partial charge in [0.2, 0.25) is 10.0 Å². The van der Waals surface area contributed by atoms with E-state index >= 15 is 0 Å². The molecule has 8 nitrogen and oxygen atoms in total. The van der Waals surface area contributed by atoms with Gasteiger partial charge in [0.05, 0.1) is 24.8 Å². The third-order valence-corrected chi connectivity index (χ3v) is 4.06. The number of rotatable bonds is 6. The highest BCUT2D eigenvalue weighted by Crippen LogP contribution is 2.18. The Morgan fingerprint density at radius 1 is 1.45 bits per heavy atom. The number of nitrogens with zero attached hydrogens (tertiary/aromatic N) is 2. The van der Waals surface area contributed by atoms with Crippen molar-refractivity contribution in [3.63, 3.8) is 0 Å². The summed E-state index contributed by atoms with van der Waals surface area (Å²) in [7, 11) is -3.52. The van der Waals surface area contributed by atoms with E-state index in [9.17, 15) is 13.2 Å². The number of sulfonamides is 1. The minimum Gasteiger partial charge on any atom is -0.466 e. The molecule has 3 N–H and O–H groups in total. The molecule has 0 aromatic carbocycles. The number of nitrogens with one attached hydrogen (secondary N) is 1. The summed E-state index contributed by atoms with van der Waals surface area (Å²) in [6.07, 6.45) is 1.66. The van der Waals surface area contributed by atoms with Crippen LogP contribution in [-0.2, 0) is 19.6 Å². The van der Waals surface area contributed by atoms with Crippen molar-refractivity contribution in [2.24, 2.45) is 16.0 Å². The molecule has 0 saturated carbocycles. The van der Waals surface area contributed by atoms with Gasteiger partial charge >= 0.3 is 5.97 Å². The number of piperidine rings is 1. The molecule has 0 spiro atoms. The summed E-state index contributed by atoms with van der Waals surface area (Å²) in [5.74, 6) is 0.0559. The molecule has 22 heavy (non-hydrogen) atoms. The van der Waals surface area contributed by atoms with E-state index in [0.29, 0.717) is 25.7 Å². The fourth-order valence-electron chi connectivity index (χ4n) is 2.33. The molecule has 0 aromatic heterocycles. The van der Waals surface area contributed by atoms with Crippen LogP contribution in [0.2, 0.25) is 0 Å². The molecule has 1 aliphatic heterocycles. The van der Waals surface area contributed by atoms with Gasteiger partial charge in [-0.1, -0.05) is 0 Å². The molecule has 1 rings (SSSR count). The molecular weight excluding hydrogens is 308 g/mol. The van der Waals surface area contributed by atoms with Crippen molar-refractivity contribution in [3.05, 3.63) is 0 Å². The number of primary sulfonamides is 1. The van der Waals surface area contributed by atoms with E-state index in [1.807, 2.05) is 11.8 Å². The van der Waals surface area contributed by atoms with Crippen molar-refractivity contribution in [1.29, 1.82) is 0 Å². The average Bonchev–Trinajstić information content (AvgIpc) is 2.45. The summed E-state index contributed by atoms with van der Waals surface area (Å²) in [6, 6.07) is 0. The Labute approximate surface area is 132 Å². The lowest BCUT2D eigenvalue weighted by molar-refractivity contribution is -0.149. The van der Waals surface area contributed by atoms with Crippen LogP contribution in [0.1, 0.15) is 26.7 Å². The summed E-state index contributed by atoms with van der Waals surface area (Å²) in [5.41, 5.74) is 0. The number of carbonyl (C=O) groups is 1. The lowest BCUT2D eigenvalue weighted by Crippen LogP contribution is -2.48. The van der Waals surface area contributed by atoms with Gasteiger partial charge in [0.25, 0.3) is 0 Å². The van der Waals surface area contributed by atoms with Crippen molar-refractivity contribution in [2.45, 2.75) is 26.7 Å². The highest BCUT2D eigenvalue weighted by molar-refractivity contribution is 7.89. The second kappa shape index (κ2) is 8.94. The number of guanidine groups is 1. The molecule has 0 radical (unpaired) electrons. The SMILES string of the molecule is CCNC(=NCCS(N)(=O)=O)N1CCCC(C(=O)OCC)C1. The summed E-state index contributed by atoms with van der Waals surface area (Å²) < 4.78 is 27.0. The van der Waals surface area contributed by atoms with E-state index in [1.165, 1.54) is 0 Å². The first-order chi connectivity index (χ1) is 10.4. The van der Waals surface area contributed by atoms with Crippen molar-refractivity contribution < 1.29 is 17.9 Å². The molecule has 1 heterocycles. The number of likely N-dealkylation sites (tertiary alicyclic amines) is 1. The number of esters is 1. The zero-order valence-electron chi connectivity index (χ0n) is 13.2. The predicted octanol–water partition coefficient (Wildman–Crippen LogP) is -0.484. The van der Waals surface area contributed by atoms with Crippen LogP contribution in [-0.4, -0.2) is 63.8 Å². The van der Waals surface area contributed by atoms with Crippen molar-refractivity contribution in [2.75, 3.05) is 38.5 Å². The fraction of sp³-hybridized carbons (Fsp3) is 0.846. The smallest absolute Gasteiger partial charge is 0.310 e. The largest absolute Gasteiger partial charge is 0.466 e. The van der Waals surface area contributed by atoms with E-state index in [2.05, 4.69) is 10.3 Å². The highest BCUT2D eigenvalue weighted by atomic mass is 32.2. The minimum atomic E-state index is -3.52. The maximum atomic E-state index is 11.9. The molecule has 9 heteroatoms. The summed E-state index contributed by atoms with van der Waals surface area (Å²) in [5, 5.41) is 8.10. The zero-order valence-corrected chi connectivity index (χ0v) is 14.1. The van der Waals surface area contributed by atoms with E-state index in [1.54, 1.807) is 6.92 Å². The van der Waals surface area contributed by atoms with Crippen molar-refractivity contribution >= 4 is 22.0 Å². The van der Waals surface area contributed by atoms with Crippen LogP contribution in [0.4, 0.5) is 0 Å². The van der Waals surface area contributed by atoms with Gasteiger partial charge in [-0.25, -0.2) is 13.6 Å².